The van der Waals surface area contributed by atoms with Crippen LogP contribution in [-0.4, -0.2) is 19.7 Å². The number of esters is 1. The quantitative estimate of drug-likeness (QED) is 0.779. The molecular weight excluding hydrogens is 240 g/mol. The third kappa shape index (κ3) is 3.49. The van der Waals surface area contributed by atoms with Crippen molar-refractivity contribution in [1.82, 2.24) is 0 Å². The molecule has 104 valence electrons. The van der Waals surface area contributed by atoms with Crippen LogP contribution in [0.4, 0.5) is 0 Å². The van der Waals surface area contributed by atoms with Gasteiger partial charge in [0, 0.05) is 0 Å². The molecule has 1 aromatic carbocycles. The lowest BCUT2D eigenvalue weighted by atomic mass is 9.79. The summed E-state index contributed by atoms with van der Waals surface area (Å²) < 4.78 is 10.3. The van der Waals surface area contributed by atoms with Crippen LogP contribution < -0.4 is 4.74 Å². The summed E-state index contributed by atoms with van der Waals surface area (Å²) in [5, 5.41) is 0. The van der Waals surface area contributed by atoms with Crippen molar-refractivity contribution in [2.24, 2.45) is 5.92 Å². The first kappa shape index (κ1) is 13.9. The third-order valence-electron chi connectivity index (χ3n) is 3.93. The molecule has 0 atom stereocenters. The highest BCUT2D eigenvalue weighted by molar-refractivity contribution is 5.72. The molecule has 0 spiro atoms. The highest BCUT2D eigenvalue weighted by Gasteiger charge is 2.27. The minimum atomic E-state index is -0.0179. The predicted octanol–water partition coefficient (Wildman–Crippen LogP) is 3.53. The number of ether oxygens (including phenoxy) is 2. The molecule has 1 saturated carbocycles. The Morgan fingerprint density at radius 1 is 1.16 bits per heavy atom. The van der Waals surface area contributed by atoms with E-state index in [1.165, 1.54) is 5.56 Å². The van der Waals surface area contributed by atoms with Gasteiger partial charge in [0.15, 0.2) is 0 Å². The zero-order chi connectivity index (χ0) is 13.7. The molecule has 3 nitrogen and oxygen atoms in total. The van der Waals surface area contributed by atoms with Gasteiger partial charge >= 0.3 is 5.97 Å². The van der Waals surface area contributed by atoms with Crippen LogP contribution in [-0.2, 0) is 9.53 Å². The van der Waals surface area contributed by atoms with Crippen LogP contribution in [0.2, 0.25) is 0 Å². The van der Waals surface area contributed by atoms with Crippen LogP contribution in [0.5, 0.6) is 5.75 Å². The van der Waals surface area contributed by atoms with E-state index in [4.69, 9.17) is 9.47 Å². The van der Waals surface area contributed by atoms with Crippen LogP contribution in [0.3, 0.4) is 0 Å². The van der Waals surface area contributed by atoms with Crippen molar-refractivity contribution >= 4 is 5.97 Å². The maximum atomic E-state index is 11.7. The van der Waals surface area contributed by atoms with Gasteiger partial charge in [0.1, 0.15) is 5.75 Å². The number of carbonyl (C=O) groups is 1. The van der Waals surface area contributed by atoms with Crippen molar-refractivity contribution in [3.63, 3.8) is 0 Å². The molecule has 0 amide bonds. The van der Waals surface area contributed by atoms with Crippen molar-refractivity contribution in [3.8, 4) is 5.75 Å². The van der Waals surface area contributed by atoms with Crippen molar-refractivity contribution in [1.29, 1.82) is 0 Å². The molecule has 0 radical (unpaired) electrons. The lowest BCUT2D eigenvalue weighted by molar-refractivity contribution is -0.149. The molecule has 1 aliphatic rings. The number of rotatable bonds is 4. The number of hydrogen-bond acceptors (Lipinski definition) is 3. The van der Waals surface area contributed by atoms with E-state index in [1.807, 2.05) is 19.1 Å². The van der Waals surface area contributed by atoms with Crippen molar-refractivity contribution in [3.05, 3.63) is 29.8 Å². The maximum absolute atomic E-state index is 11.7. The van der Waals surface area contributed by atoms with Crippen LogP contribution in [0.25, 0.3) is 0 Å². The number of methoxy groups -OCH3 is 1. The Balaban J connectivity index is 1.90. The summed E-state index contributed by atoms with van der Waals surface area (Å²) in [5.74, 6) is 1.55. The van der Waals surface area contributed by atoms with Gasteiger partial charge in [-0.2, -0.15) is 0 Å². The fraction of sp³-hybridized carbons (Fsp3) is 0.562. The van der Waals surface area contributed by atoms with Gasteiger partial charge in [-0.25, -0.2) is 0 Å². The molecule has 0 aromatic heterocycles. The molecule has 0 N–H and O–H groups in total. The van der Waals surface area contributed by atoms with Gasteiger partial charge in [-0.1, -0.05) is 12.1 Å². The van der Waals surface area contributed by atoms with Crippen molar-refractivity contribution in [2.75, 3.05) is 13.7 Å². The minimum Gasteiger partial charge on any atom is -0.497 e. The summed E-state index contributed by atoms with van der Waals surface area (Å²) in [4.78, 5) is 11.7. The van der Waals surface area contributed by atoms with Gasteiger partial charge < -0.3 is 9.47 Å². The minimum absolute atomic E-state index is 0.0179. The summed E-state index contributed by atoms with van der Waals surface area (Å²) >= 11 is 0. The molecule has 0 bridgehead atoms. The molecule has 2 rings (SSSR count). The Morgan fingerprint density at radius 3 is 2.32 bits per heavy atom. The van der Waals surface area contributed by atoms with E-state index in [1.54, 1.807) is 7.11 Å². The van der Waals surface area contributed by atoms with Crippen molar-refractivity contribution in [2.45, 2.75) is 38.5 Å². The van der Waals surface area contributed by atoms with E-state index in [-0.39, 0.29) is 11.9 Å². The average molecular weight is 262 g/mol. The molecule has 1 aliphatic carbocycles. The van der Waals surface area contributed by atoms with Gasteiger partial charge in [-0.05, 0) is 56.2 Å². The zero-order valence-corrected chi connectivity index (χ0v) is 11.7. The Hall–Kier alpha value is -1.51. The zero-order valence-electron chi connectivity index (χ0n) is 11.7. The summed E-state index contributed by atoms with van der Waals surface area (Å²) in [6, 6.07) is 8.28. The average Bonchev–Trinajstić information content (AvgIpc) is 2.48. The van der Waals surface area contributed by atoms with E-state index in [9.17, 15) is 4.79 Å². The summed E-state index contributed by atoms with van der Waals surface area (Å²) in [7, 11) is 1.68. The first-order valence-corrected chi connectivity index (χ1v) is 7.05. The van der Waals surface area contributed by atoms with Gasteiger partial charge in [-0.15, -0.1) is 0 Å². The normalized spacial score (nSPS) is 22.8. The highest BCUT2D eigenvalue weighted by atomic mass is 16.5. The van der Waals surface area contributed by atoms with Gasteiger partial charge in [0.2, 0.25) is 0 Å². The second-order valence-electron chi connectivity index (χ2n) is 5.07. The topological polar surface area (TPSA) is 35.5 Å². The fourth-order valence-electron chi connectivity index (χ4n) is 2.80. The van der Waals surface area contributed by atoms with E-state index in [0.717, 1.165) is 31.4 Å². The third-order valence-corrected chi connectivity index (χ3v) is 3.93. The number of hydrogen-bond donors (Lipinski definition) is 0. The van der Waals surface area contributed by atoms with Gasteiger partial charge in [0.05, 0.1) is 19.6 Å². The smallest absolute Gasteiger partial charge is 0.308 e. The summed E-state index contributed by atoms with van der Waals surface area (Å²) in [5.41, 5.74) is 1.35. The van der Waals surface area contributed by atoms with E-state index < -0.39 is 0 Å². The van der Waals surface area contributed by atoms with E-state index in [2.05, 4.69) is 12.1 Å². The SMILES string of the molecule is CCOC(=O)C1CCC(c2ccc(OC)cc2)CC1. The van der Waals surface area contributed by atoms with E-state index >= 15 is 0 Å². The van der Waals surface area contributed by atoms with Crippen LogP contribution in [0, 0.1) is 5.92 Å². The molecule has 0 heterocycles. The fourth-order valence-corrected chi connectivity index (χ4v) is 2.80. The molecule has 0 saturated heterocycles. The van der Waals surface area contributed by atoms with Gasteiger partial charge in [0.25, 0.3) is 0 Å². The second-order valence-corrected chi connectivity index (χ2v) is 5.07. The molecule has 0 unspecified atom stereocenters. The van der Waals surface area contributed by atoms with Crippen LogP contribution in [0.1, 0.15) is 44.1 Å². The largest absolute Gasteiger partial charge is 0.497 e. The first-order chi connectivity index (χ1) is 9.24. The number of carbonyl (C=O) groups excluding carboxylic acids is 1. The Kier molecular flexibility index (Phi) is 4.83. The monoisotopic (exact) mass is 262 g/mol. The van der Waals surface area contributed by atoms with Crippen LogP contribution >= 0.6 is 0 Å². The standard InChI is InChI=1S/C16H22O3/c1-3-19-16(17)14-6-4-12(5-7-14)13-8-10-15(18-2)11-9-13/h8-12,14H,3-7H2,1-2H3. The van der Waals surface area contributed by atoms with Crippen LogP contribution in [0.15, 0.2) is 24.3 Å². The maximum Gasteiger partial charge on any atom is 0.308 e. The summed E-state index contributed by atoms with van der Waals surface area (Å²) in [6.45, 7) is 2.35. The first-order valence-electron chi connectivity index (χ1n) is 7.05. The lowest BCUT2D eigenvalue weighted by Crippen LogP contribution is -2.23. The lowest BCUT2D eigenvalue weighted by Gasteiger charge is -2.27. The molecule has 1 fully saturated rings. The highest BCUT2D eigenvalue weighted by Crippen LogP contribution is 2.36. The molecule has 0 aliphatic heterocycles. The number of benzene rings is 1. The van der Waals surface area contributed by atoms with Crippen molar-refractivity contribution < 1.29 is 14.3 Å². The molecule has 1 aromatic rings. The Morgan fingerprint density at radius 2 is 1.79 bits per heavy atom. The van der Waals surface area contributed by atoms with Gasteiger partial charge in [-0.3, -0.25) is 4.79 Å². The second kappa shape index (κ2) is 6.60. The Labute approximate surface area is 114 Å². The van der Waals surface area contributed by atoms with E-state index in [0.29, 0.717) is 12.5 Å². The molecular formula is C16H22O3. The summed E-state index contributed by atoms with van der Waals surface area (Å²) in [6.07, 6.45) is 4.01. The predicted molar refractivity (Wildman–Crippen MR) is 74.3 cm³/mol. The Bertz CT molecular complexity index is 403. The molecule has 3 heteroatoms. The molecule has 19 heavy (non-hydrogen) atoms.